The van der Waals surface area contributed by atoms with Crippen molar-refractivity contribution in [2.75, 3.05) is 0 Å². The van der Waals surface area contributed by atoms with Crippen molar-refractivity contribution in [3.63, 3.8) is 0 Å². The fraction of sp³-hybridized carbons (Fsp3) is 0. The molecule has 0 N–H and O–H groups in total. The van der Waals surface area contributed by atoms with Crippen molar-refractivity contribution in [2.24, 2.45) is 0 Å². The predicted octanol–water partition coefficient (Wildman–Crippen LogP) is 23.4. The first kappa shape index (κ1) is 57.8. The minimum absolute atomic E-state index is 0.593. The van der Waals surface area contributed by atoms with Gasteiger partial charge in [-0.25, -0.2) is 15.0 Å². The second-order valence-electron chi connectivity index (χ2n) is 25.5. The van der Waals surface area contributed by atoms with Gasteiger partial charge in [-0.2, -0.15) is 9.97 Å². The lowest BCUT2D eigenvalue weighted by Gasteiger charge is -2.12. The minimum Gasteiger partial charge on any atom is -0.309 e. The molecule has 0 amide bonds. The first-order chi connectivity index (χ1) is 50.1. The molecule has 0 bridgehead atoms. The van der Waals surface area contributed by atoms with Crippen LogP contribution in [0.3, 0.4) is 0 Å². The summed E-state index contributed by atoms with van der Waals surface area (Å²) in [6.07, 6.45) is 0. The summed E-state index contributed by atoms with van der Waals surface area (Å²) in [5.74, 6) is 2.52. The van der Waals surface area contributed by atoms with Gasteiger partial charge in [-0.05, 0) is 96.1 Å². The maximum atomic E-state index is 5.28. The zero-order chi connectivity index (χ0) is 66.5. The normalized spacial score (nSPS) is 11.8. The molecule has 14 aromatic carbocycles. The summed E-state index contributed by atoms with van der Waals surface area (Å²) in [5.41, 5.74) is 19.4. The van der Waals surface area contributed by atoms with Crippen molar-refractivity contribution >= 4 is 119 Å². The zero-order valence-corrected chi connectivity index (χ0v) is 55.2. The molecule has 0 aliphatic carbocycles. The molecular weight excluding hydrogens is 1250 g/mol. The molecular formula is C91H57N9S. The maximum absolute atomic E-state index is 5.28. The SMILES string of the molecule is c1ccc(-c2cc(-c3ccccc3)nc(-n3c4ccccc4c4cc5c(cc43)c3ccccc3n5-c3ccc(-c4cccc5c4sc4ccccc45)cc3)n2)cc1.c1ccc(-c2nc(-c3ccccc3)nc(-n3c4ccccc4c4cc5c(cc43)c3ccccc3n5-c3ccccc3)n2)cc1. The van der Waals surface area contributed by atoms with E-state index in [0.717, 1.165) is 94.1 Å². The number of aromatic nitrogens is 9. The van der Waals surface area contributed by atoms with E-state index in [1.807, 2.05) is 84.1 Å². The van der Waals surface area contributed by atoms with Gasteiger partial charge in [0.05, 0.1) is 55.5 Å². The first-order valence-corrected chi connectivity index (χ1v) is 34.8. The van der Waals surface area contributed by atoms with E-state index >= 15 is 0 Å². The predicted molar refractivity (Wildman–Crippen MR) is 419 cm³/mol. The molecule has 9 nitrogen and oxygen atoms in total. The van der Waals surface area contributed by atoms with Gasteiger partial charge in [0, 0.05) is 96.9 Å². The van der Waals surface area contributed by atoms with Crippen LogP contribution in [0.2, 0.25) is 0 Å². The summed E-state index contributed by atoms with van der Waals surface area (Å²) < 4.78 is 11.9. The molecule has 21 rings (SSSR count). The number of fused-ring (bicyclic) bond motifs is 15. The Morgan fingerprint density at radius 2 is 0.554 bits per heavy atom. The second kappa shape index (κ2) is 23.7. The Hall–Kier alpha value is -13.4. The van der Waals surface area contributed by atoms with Crippen molar-refractivity contribution in [1.82, 2.24) is 43.2 Å². The molecule has 0 atom stereocenters. The van der Waals surface area contributed by atoms with Crippen molar-refractivity contribution in [2.45, 2.75) is 0 Å². The van der Waals surface area contributed by atoms with Gasteiger partial charge in [0.15, 0.2) is 11.6 Å². The molecule has 21 aromatic rings. The molecule has 0 radical (unpaired) electrons. The summed E-state index contributed by atoms with van der Waals surface area (Å²) in [7, 11) is 0. The Morgan fingerprint density at radius 3 is 1.01 bits per heavy atom. The zero-order valence-electron chi connectivity index (χ0n) is 54.3. The van der Waals surface area contributed by atoms with Crippen LogP contribution in [0.1, 0.15) is 0 Å². The third-order valence-electron chi connectivity index (χ3n) is 19.7. The highest BCUT2D eigenvalue weighted by atomic mass is 32.1. The standard InChI is InChI=1S/C52H32N4S.C39H25N5/c1-3-14-34(15-4-1)44-32-45(35-16-5-2-6-17-35)54-52(53-44)56-47-24-11-8-19-39(47)43-30-48-42(31-49(43)56)38-18-7-10-23-46(38)55(48)36-28-26-33(27-29-36)37-21-13-22-41-40-20-9-12-25-50(40)57-51(37)41;1-4-14-26(15-5-1)37-40-38(27-16-6-2-7-17-27)42-39(41-37)44-34-23-13-11-21-30(34)32-24-35-31(25-36(32)44)29-20-10-12-22-33(29)43(35)28-18-8-3-9-19-28/h1-32H;1-25H. The van der Waals surface area contributed by atoms with E-state index in [4.69, 9.17) is 24.9 Å². The number of rotatable bonds is 9. The molecule has 10 heteroatoms. The van der Waals surface area contributed by atoms with Crippen LogP contribution in [0.5, 0.6) is 0 Å². The summed E-state index contributed by atoms with van der Waals surface area (Å²) in [4.78, 5) is 25.7. The number of hydrogen-bond acceptors (Lipinski definition) is 6. The number of nitrogens with zero attached hydrogens (tertiary/aromatic N) is 9. The number of hydrogen-bond donors (Lipinski definition) is 0. The molecule has 7 aromatic heterocycles. The summed E-state index contributed by atoms with van der Waals surface area (Å²) >= 11 is 1.87. The third kappa shape index (κ3) is 9.63. The monoisotopic (exact) mass is 1310 g/mol. The molecule has 0 saturated carbocycles. The highest BCUT2D eigenvalue weighted by Gasteiger charge is 2.24. The Morgan fingerprint density at radius 1 is 0.208 bits per heavy atom. The third-order valence-corrected chi connectivity index (χ3v) is 20.9. The molecule has 0 saturated heterocycles. The van der Waals surface area contributed by atoms with E-state index in [1.165, 1.54) is 69.4 Å². The molecule has 0 spiro atoms. The molecule has 0 unspecified atom stereocenters. The van der Waals surface area contributed by atoms with Crippen LogP contribution in [0, 0.1) is 0 Å². The van der Waals surface area contributed by atoms with Crippen LogP contribution in [-0.4, -0.2) is 43.2 Å². The van der Waals surface area contributed by atoms with Gasteiger partial charge in [-0.15, -0.1) is 11.3 Å². The van der Waals surface area contributed by atoms with Crippen LogP contribution in [0.15, 0.2) is 346 Å². The molecule has 0 aliphatic rings. The summed E-state index contributed by atoms with van der Waals surface area (Å²) in [6.45, 7) is 0. The number of para-hydroxylation sites is 5. The van der Waals surface area contributed by atoms with E-state index < -0.39 is 0 Å². The molecule has 0 aliphatic heterocycles. The van der Waals surface area contributed by atoms with Crippen LogP contribution in [0.4, 0.5) is 0 Å². The Balaban J connectivity index is 0.000000140. The average Bonchev–Trinajstić information content (AvgIpc) is 1.55. The average molecular weight is 1310 g/mol. The largest absolute Gasteiger partial charge is 0.309 e. The first-order valence-electron chi connectivity index (χ1n) is 34.0. The number of benzene rings is 14. The second-order valence-corrected chi connectivity index (χ2v) is 26.6. The van der Waals surface area contributed by atoms with Gasteiger partial charge in [0.25, 0.3) is 0 Å². The highest BCUT2D eigenvalue weighted by molar-refractivity contribution is 7.26. The lowest BCUT2D eigenvalue weighted by molar-refractivity contribution is 0.954. The van der Waals surface area contributed by atoms with Crippen LogP contribution in [0.25, 0.3) is 187 Å². The molecule has 101 heavy (non-hydrogen) atoms. The van der Waals surface area contributed by atoms with Gasteiger partial charge < -0.3 is 9.13 Å². The van der Waals surface area contributed by atoms with Crippen LogP contribution >= 0.6 is 11.3 Å². The lowest BCUT2D eigenvalue weighted by Crippen LogP contribution is -2.06. The number of thiophene rings is 1. The van der Waals surface area contributed by atoms with E-state index in [9.17, 15) is 0 Å². The van der Waals surface area contributed by atoms with Crippen LogP contribution in [-0.2, 0) is 0 Å². The molecule has 472 valence electrons. The van der Waals surface area contributed by atoms with Crippen molar-refractivity contribution in [1.29, 1.82) is 0 Å². The van der Waals surface area contributed by atoms with Gasteiger partial charge in [-0.1, -0.05) is 261 Å². The smallest absolute Gasteiger partial charge is 0.238 e. The summed E-state index contributed by atoms with van der Waals surface area (Å²) in [5, 5.41) is 12.0. The highest BCUT2D eigenvalue weighted by Crippen LogP contribution is 2.44. The van der Waals surface area contributed by atoms with E-state index in [2.05, 4.69) is 291 Å². The minimum atomic E-state index is 0.593. The quantitative estimate of drug-likeness (QED) is 0.144. The van der Waals surface area contributed by atoms with E-state index in [-0.39, 0.29) is 0 Å². The Bertz CT molecular complexity index is 6680. The fourth-order valence-electron chi connectivity index (χ4n) is 15.1. The van der Waals surface area contributed by atoms with Gasteiger partial charge in [0.2, 0.25) is 11.9 Å². The topological polar surface area (TPSA) is 84.2 Å². The van der Waals surface area contributed by atoms with Crippen LogP contribution < -0.4 is 0 Å². The van der Waals surface area contributed by atoms with Gasteiger partial charge in [-0.3, -0.25) is 9.13 Å². The van der Waals surface area contributed by atoms with Crippen molar-refractivity contribution in [3.05, 3.63) is 346 Å². The fourth-order valence-corrected chi connectivity index (χ4v) is 16.4. The van der Waals surface area contributed by atoms with Gasteiger partial charge >= 0.3 is 0 Å². The molecule has 7 heterocycles. The van der Waals surface area contributed by atoms with E-state index in [1.54, 1.807) is 0 Å². The summed E-state index contributed by atoms with van der Waals surface area (Å²) in [6, 6.07) is 122. The van der Waals surface area contributed by atoms with Crippen molar-refractivity contribution < 1.29 is 0 Å². The molecule has 0 fully saturated rings. The maximum Gasteiger partial charge on any atom is 0.238 e. The Labute approximate surface area is 583 Å². The van der Waals surface area contributed by atoms with Crippen molar-refractivity contribution in [3.8, 4) is 79.7 Å². The Kier molecular flexibility index (Phi) is 13.6. The van der Waals surface area contributed by atoms with E-state index in [0.29, 0.717) is 23.5 Å². The van der Waals surface area contributed by atoms with Gasteiger partial charge in [0.1, 0.15) is 0 Å². The lowest BCUT2D eigenvalue weighted by atomic mass is 10.0.